The molecular formula is C14H16N2O2S. The van der Waals surface area contributed by atoms with Crippen molar-refractivity contribution >= 4 is 15.9 Å². The van der Waals surface area contributed by atoms with Crippen molar-refractivity contribution < 1.29 is 4.33 Å². The molecule has 0 aromatic heterocycles. The summed E-state index contributed by atoms with van der Waals surface area (Å²) in [5.74, 6) is 0. The van der Waals surface area contributed by atoms with E-state index < -0.39 is 10.2 Å². The number of benzene rings is 2. The highest BCUT2D eigenvalue weighted by atomic mass is 32.3. The molecule has 0 aliphatic rings. The number of rotatable bonds is 3. The van der Waals surface area contributed by atoms with Crippen molar-refractivity contribution in [3.8, 4) is 11.1 Å². The van der Waals surface area contributed by atoms with E-state index in [9.17, 15) is 10.1 Å². The van der Waals surface area contributed by atoms with Crippen LogP contribution in [-0.2, 0) is 0 Å². The summed E-state index contributed by atoms with van der Waals surface area (Å²) in [6.07, 6.45) is 3.37. The molecule has 19 heavy (non-hydrogen) atoms. The Balaban J connectivity index is 2.33. The largest absolute Gasteiger partial charge is 0.399 e. The molecule has 0 aliphatic carbocycles. The van der Waals surface area contributed by atoms with Crippen molar-refractivity contribution in [3.63, 3.8) is 0 Å². The van der Waals surface area contributed by atoms with Crippen LogP contribution in [0.3, 0.4) is 0 Å². The molecule has 0 unspecified atom stereocenters. The SMILES string of the molecule is CS(C)(c1ccc(-c2ccc(N)cc2)cc1)[N+](=O)[O-]. The van der Waals surface area contributed by atoms with Gasteiger partial charge in [0.2, 0.25) is 0 Å². The van der Waals surface area contributed by atoms with E-state index in [0.717, 1.165) is 21.7 Å². The molecule has 0 radical (unpaired) electrons. The van der Waals surface area contributed by atoms with Gasteiger partial charge in [-0.1, -0.05) is 24.3 Å². The van der Waals surface area contributed by atoms with Gasteiger partial charge in [-0.2, -0.15) is 0 Å². The molecule has 0 fully saturated rings. The molecule has 0 spiro atoms. The normalized spacial score (nSPS) is 12.1. The number of nitro groups is 1. The van der Waals surface area contributed by atoms with Crippen LogP contribution in [0.5, 0.6) is 0 Å². The zero-order chi connectivity index (χ0) is 14.0. The van der Waals surface area contributed by atoms with Gasteiger partial charge < -0.3 is 5.73 Å². The maximum Gasteiger partial charge on any atom is 0.0751 e. The Bertz CT molecular complexity index is 592. The van der Waals surface area contributed by atoms with E-state index in [1.807, 2.05) is 48.5 Å². The topological polar surface area (TPSA) is 69.2 Å². The van der Waals surface area contributed by atoms with E-state index in [1.165, 1.54) is 0 Å². The van der Waals surface area contributed by atoms with Gasteiger partial charge >= 0.3 is 0 Å². The number of hydrogen-bond acceptors (Lipinski definition) is 3. The summed E-state index contributed by atoms with van der Waals surface area (Å²) in [6, 6.07) is 15.1. The van der Waals surface area contributed by atoms with E-state index in [0.29, 0.717) is 0 Å². The van der Waals surface area contributed by atoms with Gasteiger partial charge in [0.05, 0.1) is 9.22 Å². The molecule has 0 saturated carbocycles. The highest BCUT2D eigenvalue weighted by Crippen LogP contribution is 2.49. The van der Waals surface area contributed by atoms with Crippen molar-refractivity contribution in [2.24, 2.45) is 0 Å². The highest BCUT2D eigenvalue weighted by Gasteiger charge is 2.26. The number of anilines is 1. The number of nitrogens with zero attached hydrogens (tertiary/aromatic N) is 1. The lowest BCUT2D eigenvalue weighted by molar-refractivity contribution is -0.295. The molecule has 0 amide bonds. The lowest BCUT2D eigenvalue weighted by Gasteiger charge is -2.20. The summed E-state index contributed by atoms with van der Waals surface area (Å²) in [4.78, 5) is 11.8. The zero-order valence-corrected chi connectivity index (χ0v) is 11.7. The predicted octanol–water partition coefficient (Wildman–Crippen LogP) is 3.55. The lowest BCUT2D eigenvalue weighted by Crippen LogP contribution is -2.07. The minimum absolute atomic E-state index is 0.189. The van der Waals surface area contributed by atoms with Gasteiger partial charge in [-0.15, -0.1) is 0 Å². The molecule has 100 valence electrons. The van der Waals surface area contributed by atoms with Crippen molar-refractivity contribution in [3.05, 3.63) is 58.6 Å². The Morgan fingerprint density at radius 1 is 0.947 bits per heavy atom. The summed E-state index contributed by atoms with van der Waals surface area (Å²) in [5, 5.41) is 11.0. The Kier molecular flexibility index (Phi) is 3.48. The van der Waals surface area contributed by atoms with Gasteiger partial charge in [-0.25, -0.2) is 0 Å². The molecule has 4 nitrogen and oxygen atoms in total. The first-order valence-corrected chi connectivity index (χ1v) is 8.16. The first kappa shape index (κ1) is 13.4. The van der Waals surface area contributed by atoms with Gasteiger partial charge in [0.25, 0.3) is 0 Å². The summed E-state index contributed by atoms with van der Waals surface area (Å²) in [6.45, 7) is 0. The summed E-state index contributed by atoms with van der Waals surface area (Å²) in [7, 11) is -1.98. The molecule has 0 bridgehead atoms. The highest BCUT2D eigenvalue weighted by molar-refractivity contribution is 8.27. The lowest BCUT2D eigenvalue weighted by atomic mass is 10.1. The molecule has 0 heterocycles. The maximum atomic E-state index is 11.0. The summed E-state index contributed by atoms with van der Waals surface area (Å²) >= 11 is 0. The second-order valence-corrected chi connectivity index (χ2v) is 7.96. The molecule has 2 aromatic rings. The average Bonchev–Trinajstić information content (AvgIpc) is 2.39. The van der Waals surface area contributed by atoms with Crippen LogP contribution >= 0.6 is 10.2 Å². The minimum atomic E-state index is -1.98. The van der Waals surface area contributed by atoms with E-state index in [4.69, 9.17) is 5.73 Å². The minimum Gasteiger partial charge on any atom is -0.399 e. The second kappa shape index (κ2) is 4.93. The molecule has 0 saturated heterocycles. The van der Waals surface area contributed by atoms with Gasteiger partial charge in [-0.3, -0.25) is 10.1 Å². The smallest absolute Gasteiger partial charge is 0.0751 e. The van der Waals surface area contributed by atoms with Crippen LogP contribution in [0, 0.1) is 10.1 Å². The fourth-order valence-electron chi connectivity index (χ4n) is 1.74. The fourth-order valence-corrected chi connectivity index (χ4v) is 2.72. The van der Waals surface area contributed by atoms with E-state index >= 15 is 0 Å². The molecule has 2 aromatic carbocycles. The second-order valence-electron chi connectivity index (χ2n) is 4.64. The Labute approximate surface area is 113 Å². The van der Waals surface area contributed by atoms with Crippen molar-refractivity contribution in [2.45, 2.75) is 4.90 Å². The Hall–Kier alpha value is -2.01. The maximum absolute atomic E-state index is 11.0. The van der Waals surface area contributed by atoms with Crippen LogP contribution in [0.4, 0.5) is 5.69 Å². The van der Waals surface area contributed by atoms with Crippen LogP contribution in [0.25, 0.3) is 11.1 Å². The van der Waals surface area contributed by atoms with Crippen molar-refractivity contribution in [2.75, 3.05) is 18.2 Å². The van der Waals surface area contributed by atoms with E-state index in [2.05, 4.69) is 0 Å². The Morgan fingerprint density at radius 3 is 1.79 bits per heavy atom. The van der Waals surface area contributed by atoms with Crippen molar-refractivity contribution in [1.29, 1.82) is 0 Å². The number of nitrogens with two attached hydrogens (primary N) is 1. The third-order valence-electron chi connectivity index (χ3n) is 3.05. The van der Waals surface area contributed by atoms with Crippen LogP contribution in [0.1, 0.15) is 0 Å². The van der Waals surface area contributed by atoms with Gasteiger partial charge in [0, 0.05) is 28.4 Å². The summed E-state index contributed by atoms with van der Waals surface area (Å²) < 4.78 is -0.189. The van der Waals surface area contributed by atoms with Crippen LogP contribution < -0.4 is 5.73 Å². The molecular weight excluding hydrogens is 260 g/mol. The van der Waals surface area contributed by atoms with Gasteiger partial charge in [0.15, 0.2) is 0 Å². The third-order valence-corrected chi connectivity index (χ3v) is 5.22. The summed E-state index contributed by atoms with van der Waals surface area (Å²) in [5.41, 5.74) is 8.45. The van der Waals surface area contributed by atoms with Gasteiger partial charge in [0.1, 0.15) is 0 Å². The molecule has 0 atom stereocenters. The number of nitrogen functional groups attached to an aromatic ring is 1. The quantitative estimate of drug-likeness (QED) is 0.529. The fraction of sp³-hybridized carbons (Fsp3) is 0.143. The van der Waals surface area contributed by atoms with Gasteiger partial charge in [-0.05, 0) is 35.4 Å². The molecule has 2 N–H and O–H groups in total. The first-order valence-electron chi connectivity index (χ1n) is 5.75. The predicted molar refractivity (Wildman–Crippen MR) is 81.0 cm³/mol. The van der Waals surface area contributed by atoms with Crippen LogP contribution in [0.15, 0.2) is 53.4 Å². The first-order chi connectivity index (χ1) is 8.91. The third kappa shape index (κ3) is 2.71. The monoisotopic (exact) mass is 276 g/mol. The van der Waals surface area contributed by atoms with Crippen LogP contribution in [-0.4, -0.2) is 16.8 Å². The molecule has 5 heteroatoms. The van der Waals surface area contributed by atoms with Crippen molar-refractivity contribution in [1.82, 2.24) is 0 Å². The van der Waals surface area contributed by atoms with Crippen LogP contribution in [0.2, 0.25) is 0 Å². The van der Waals surface area contributed by atoms with E-state index in [-0.39, 0.29) is 4.33 Å². The molecule has 0 aliphatic heterocycles. The van der Waals surface area contributed by atoms with E-state index in [1.54, 1.807) is 12.5 Å². The zero-order valence-electron chi connectivity index (χ0n) is 10.9. The Morgan fingerprint density at radius 2 is 1.37 bits per heavy atom. The standard InChI is InChI=1S/C14H16N2O2S/c1-19(2,16(17)18)14-9-5-12(6-10-14)11-3-7-13(15)8-4-11/h3-10H,15H2,1-2H3. The average molecular weight is 276 g/mol. The number of hydrogen-bond donors (Lipinski definition) is 1. The molecule has 2 rings (SSSR count).